The monoisotopic (exact) mass is 470 g/mol. The van der Waals surface area contributed by atoms with Crippen molar-refractivity contribution in [3.8, 4) is 0 Å². The lowest BCUT2D eigenvalue weighted by Gasteiger charge is -2.32. The van der Waals surface area contributed by atoms with Crippen molar-refractivity contribution in [1.82, 2.24) is 5.32 Å². The van der Waals surface area contributed by atoms with E-state index in [1.54, 1.807) is 31.2 Å². The molecular weight excluding hydrogens is 444 g/mol. The molecule has 1 N–H and O–H groups in total. The van der Waals surface area contributed by atoms with Crippen molar-refractivity contribution in [3.63, 3.8) is 0 Å². The molecule has 0 aliphatic rings. The van der Waals surface area contributed by atoms with Gasteiger partial charge in [-0.25, -0.2) is 8.42 Å². The highest BCUT2D eigenvalue weighted by Crippen LogP contribution is 2.28. The van der Waals surface area contributed by atoms with Gasteiger partial charge in [-0.2, -0.15) is 0 Å². The van der Waals surface area contributed by atoms with E-state index < -0.39 is 22.1 Å². The van der Waals surface area contributed by atoms with Gasteiger partial charge in [0.1, 0.15) is 6.04 Å². The average molecular weight is 471 g/mol. The Labute approximate surface area is 195 Å². The first-order chi connectivity index (χ1) is 15.2. The number of hydrogen-bond donors (Lipinski definition) is 1. The molecule has 3 rings (SSSR count). The number of aryl methyl sites for hydroxylation is 1. The molecule has 0 spiro atoms. The highest BCUT2D eigenvalue weighted by Gasteiger charge is 2.33. The molecule has 1 amide bonds. The molecule has 0 bridgehead atoms. The van der Waals surface area contributed by atoms with E-state index in [0.29, 0.717) is 17.1 Å². The fraction of sp³-hybridized carbons (Fsp3) is 0.240. The second-order valence-corrected chi connectivity index (χ2v) is 9.97. The molecule has 3 aromatic carbocycles. The number of halogens is 1. The van der Waals surface area contributed by atoms with E-state index in [2.05, 4.69) is 5.32 Å². The summed E-state index contributed by atoms with van der Waals surface area (Å²) in [6.07, 6.45) is 1.39. The Kier molecular flexibility index (Phi) is 7.59. The lowest BCUT2D eigenvalue weighted by Crippen LogP contribution is -2.50. The third-order valence-corrected chi connectivity index (χ3v) is 6.73. The Hall–Kier alpha value is -2.83. The van der Waals surface area contributed by atoms with Gasteiger partial charge in [-0.05, 0) is 48.2 Å². The summed E-state index contributed by atoms with van der Waals surface area (Å²) in [6, 6.07) is 22.6. The van der Waals surface area contributed by atoms with Crippen molar-refractivity contribution >= 4 is 33.2 Å². The number of nitrogens with zero attached hydrogens (tertiary/aromatic N) is 1. The average Bonchev–Trinajstić information content (AvgIpc) is 2.76. The van der Waals surface area contributed by atoms with Gasteiger partial charge in [0.15, 0.2) is 0 Å². The Morgan fingerprint density at radius 2 is 1.66 bits per heavy atom. The summed E-state index contributed by atoms with van der Waals surface area (Å²) in [7, 11) is -3.75. The maximum Gasteiger partial charge on any atom is 0.244 e. The smallest absolute Gasteiger partial charge is 0.244 e. The van der Waals surface area contributed by atoms with Crippen LogP contribution in [-0.2, 0) is 14.8 Å². The normalized spacial score (nSPS) is 13.2. The number of nitrogens with one attached hydrogen (secondary N) is 1. The summed E-state index contributed by atoms with van der Waals surface area (Å²) in [6.45, 7) is 3.78. The van der Waals surface area contributed by atoms with Crippen molar-refractivity contribution in [1.29, 1.82) is 0 Å². The molecule has 7 heteroatoms. The highest BCUT2D eigenvalue weighted by atomic mass is 35.5. The fourth-order valence-electron chi connectivity index (χ4n) is 3.81. The number of anilines is 1. The number of carbonyl (C=O) groups is 1. The van der Waals surface area contributed by atoms with Gasteiger partial charge in [-0.15, -0.1) is 0 Å². The van der Waals surface area contributed by atoms with Crippen LogP contribution in [0.25, 0.3) is 0 Å². The highest BCUT2D eigenvalue weighted by molar-refractivity contribution is 7.92. The molecule has 5 nitrogen and oxygen atoms in total. The van der Waals surface area contributed by atoms with Crippen LogP contribution in [0.4, 0.5) is 5.69 Å². The molecule has 0 aliphatic heterocycles. The maximum absolute atomic E-state index is 13.5. The van der Waals surface area contributed by atoms with Crippen LogP contribution in [0.3, 0.4) is 0 Å². The molecule has 0 aliphatic carbocycles. The molecule has 0 saturated heterocycles. The van der Waals surface area contributed by atoms with Gasteiger partial charge < -0.3 is 5.32 Å². The largest absolute Gasteiger partial charge is 0.343 e. The van der Waals surface area contributed by atoms with Crippen molar-refractivity contribution in [2.24, 2.45) is 0 Å². The van der Waals surface area contributed by atoms with Gasteiger partial charge in [0.2, 0.25) is 15.9 Å². The first-order valence-electron chi connectivity index (χ1n) is 10.4. The van der Waals surface area contributed by atoms with Gasteiger partial charge >= 0.3 is 0 Å². The predicted molar refractivity (Wildman–Crippen MR) is 130 cm³/mol. The number of rotatable bonds is 8. The van der Waals surface area contributed by atoms with Gasteiger partial charge in [0.25, 0.3) is 0 Å². The lowest BCUT2D eigenvalue weighted by molar-refractivity contribution is -0.122. The molecule has 0 radical (unpaired) electrons. The van der Waals surface area contributed by atoms with E-state index in [9.17, 15) is 13.2 Å². The second-order valence-electron chi connectivity index (χ2n) is 7.67. The van der Waals surface area contributed by atoms with Crippen molar-refractivity contribution in [3.05, 3.63) is 101 Å². The zero-order valence-electron chi connectivity index (χ0n) is 18.3. The minimum absolute atomic E-state index is 0.292. The van der Waals surface area contributed by atoms with Crippen LogP contribution in [0.1, 0.15) is 36.1 Å². The lowest BCUT2D eigenvalue weighted by atomic mass is 9.94. The van der Waals surface area contributed by atoms with Crippen molar-refractivity contribution < 1.29 is 13.2 Å². The van der Waals surface area contributed by atoms with Crippen LogP contribution >= 0.6 is 11.6 Å². The molecule has 0 heterocycles. The first-order valence-corrected chi connectivity index (χ1v) is 12.6. The number of benzene rings is 3. The molecule has 32 heavy (non-hydrogen) atoms. The second kappa shape index (κ2) is 10.2. The van der Waals surface area contributed by atoms with Crippen LogP contribution in [0, 0.1) is 6.92 Å². The SMILES string of the molecule is CC[C@H](C(=O)N[C@@H](c1ccccc1)c1ccccc1C)N(c1cccc(Cl)c1)S(C)(=O)=O. The first kappa shape index (κ1) is 23.8. The Morgan fingerprint density at radius 1 is 1.00 bits per heavy atom. The topological polar surface area (TPSA) is 66.5 Å². The quantitative estimate of drug-likeness (QED) is 0.498. The fourth-order valence-corrected chi connectivity index (χ4v) is 5.20. The standard InChI is InChI=1S/C25H27ClN2O3S/c1-4-23(28(32(3,30)31)21-15-10-14-20(26)17-21)25(29)27-24(19-12-6-5-7-13-19)22-16-9-8-11-18(22)2/h5-17,23-24H,4H2,1-3H3,(H,27,29)/t23-,24+/m1/s1. The Bertz CT molecular complexity index is 1180. The van der Waals surface area contributed by atoms with Crippen LogP contribution in [0.5, 0.6) is 0 Å². The number of carbonyl (C=O) groups excluding carboxylic acids is 1. The summed E-state index contributed by atoms with van der Waals surface area (Å²) in [5.74, 6) is -0.380. The third-order valence-electron chi connectivity index (χ3n) is 5.31. The maximum atomic E-state index is 13.5. The molecule has 0 fully saturated rings. The van der Waals surface area contributed by atoms with Gasteiger partial charge in [0, 0.05) is 5.02 Å². The Balaban J connectivity index is 2.02. The Morgan fingerprint density at radius 3 is 2.25 bits per heavy atom. The van der Waals surface area contributed by atoms with Crippen LogP contribution < -0.4 is 9.62 Å². The van der Waals surface area contributed by atoms with Gasteiger partial charge in [0.05, 0.1) is 18.0 Å². The molecule has 0 saturated carbocycles. The minimum atomic E-state index is -3.75. The van der Waals surface area contributed by atoms with E-state index in [-0.39, 0.29) is 5.91 Å². The minimum Gasteiger partial charge on any atom is -0.343 e. The van der Waals surface area contributed by atoms with E-state index in [1.165, 1.54) is 0 Å². The zero-order valence-corrected chi connectivity index (χ0v) is 19.9. The molecule has 168 valence electrons. The summed E-state index contributed by atoms with van der Waals surface area (Å²) in [5.41, 5.74) is 3.26. The zero-order chi connectivity index (χ0) is 23.3. The summed E-state index contributed by atoms with van der Waals surface area (Å²) in [4.78, 5) is 13.5. The van der Waals surface area contributed by atoms with E-state index in [1.807, 2.05) is 61.5 Å². The van der Waals surface area contributed by atoms with E-state index in [0.717, 1.165) is 27.3 Å². The molecular formula is C25H27ClN2O3S. The van der Waals surface area contributed by atoms with Gasteiger partial charge in [-0.3, -0.25) is 9.10 Å². The van der Waals surface area contributed by atoms with Crippen LogP contribution in [-0.4, -0.2) is 26.6 Å². The van der Waals surface area contributed by atoms with Crippen molar-refractivity contribution in [2.75, 3.05) is 10.6 Å². The summed E-state index contributed by atoms with van der Waals surface area (Å²) >= 11 is 6.11. The number of sulfonamides is 1. The predicted octanol–water partition coefficient (Wildman–Crippen LogP) is 5.10. The molecule has 3 aromatic rings. The van der Waals surface area contributed by atoms with Gasteiger partial charge in [-0.1, -0.05) is 79.2 Å². The molecule has 0 unspecified atom stereocenters. The van der Waals surface area contributed by atoms with E-state index >= 15 is 0 Å². The van der Waals surface area contributed by atoms with Crippen molar-refractivity contribution in [2.45, 2.75) is 32.4 Å². The number of amides is 1. The summed E-state index contributed by atoms with van der Waals surface area (Å²) in [5, 5.41) is 3.50. The third kappa shape index (κ3) is 5.50. The molecule has 0 aromatic heterocycles. The van der Waals surface area contributed by atoms with Crippen LogP contribution in [0.15, 0.2) is 78.9 Å². The summed E-state index contributed by atoms with van der Waals surface area (Å²) < 4.78 is 26.6. The van der Waals surface area contributed by atoms with Crippen LogP contribution in [0.2, 0.25) is 5.02 Å². The van der Waals surface area contributed by atoms with E-state index in [4.69, 9.17) is 11.6 Å². The number of hydrogen-bond acceptors (Lipinski definition) is 3. The molecule has 2 atom stereocenters.